The van der Waals surface area contributed by atoms with E-state index in [1.54, 1.807) is 24.4 Å². The third-order valence-corrected chi connectivity index (χ3v) is 5.14. The molecule has 2 aromatic rings. The number of urea groups is 2. The molecule has 5 N–H and O–H groups in total. The number of nitrogens with one attached hydrogen (secondary N) is 1. The minimum Gasteiger partial charge on any atom is -0.457 e. The Kier molecular flexibility index (Phi) is 5.55. The highest BCUT2D eigenvalue weighted by atomic mass is 32.1. The quantitative estimate of drug-likeness (QED) is 0.686. The molecule has 27 heavy (non-hydrogen) atoms. The maximum Gasteiger partial charge on any atom is 0.341 e. The molecule has 9 nitrogen and oxygen atoms in total. The Bertz CT molecular complexity index is 854. The molecule has 1 unspecified atom stereocenters. The third kappa shape index (κ3) is 4.53. The van der Waals surface area contributed by atoms with Gasteiger partial charge in [-0.05, 0) is 31.0 Å². The highest BCUT2D eigenvalue weighted by molar-refractivity contribution is 7.20. The topological polar surface area (TPSA) is 141 Å². The average molecular weight is 389 g/mol. The first-order chi connectivity index (χ1) is 12.9. The van der Waals surface area contributed by atoms with Crippen LogP contribution in [0.15, 0.2) is 30.5 Å². The van der Waals surface area contributed by atoms with Gasteiger partial charge in [0.25, 0.3) is 0 Å². The van der Waals surface area contributed by atoms with Gasteiger partial charge in [0.15, 0.2) is 0 Å². The Morgan fingerprint density at radius 2 is 2.11 bits per heavy atom. The monoisotopic (exact) mass is 389 g/mol. The molecule has 1 saturated heterocycles. The van der Waals surface area contributed by atoms with Gasteiger partial charge < -0.3 is 21.1 Å². The van der Waals surface area contributed by atoms with Crippen molar-refractivity contribution in [3.05, 3.63) is 36.0 Å². The minimum atomic E-state index is -0.781. The lowest BCUT2D eigenvalue weighted by atomic mass is 10.1. The fourth-order valence-electron chi connectivity index (χ4n) is 2.83. The average Bonchev–Trinajstić information content (AvgIpc) is 3.06. The molecule has 1 aliphatic heterocycles. The van der Waals surface area contributed by atoms with E-state index >= 15 is 0 Å². The lowest BCUT2D eigenvalue weighted by Crippen LogP contribution is -2.46. The van der Waals surface area contributed by atoms with Gasteiger partial charge in [-0.2, -0.15) is 0 Å². The number of ether oxygens (including phenoxy) is 1. The Morgan fingerprint density at radius 3 is 2.78 bits per heavy atom. The molecule has 0 radical (unpaired) electrons. The second-order valence-corrected chi connectivity index (χ2v) is 7.06. The van der Waals surface area contributed by atoms with E-state index in [4.69, 9.17) is 16.2 Å². The summed E-state index contributed by atoms with van der Waals surface area (Å²) in [7, 11) is 0. The first-order valence-corrected chi connectivity index (χ1v) is 9.12. The predicted molar refractivity (Wildman–Crippen MR) is 100 cm³/mol. The molecule has 1 atom stereocenters. The Morgan fingerprint density at radius 1 is 1.30 bits per heavy atom. The molecule has 0 bridgehead atoms. The minimum absolute atomic E-state index is 0.190. The van der Waals surface area contributed by atoms with Crippen molar-refractivity contribution in [1.29, 1.82) is 0 Å². The second-order valence-electron chi connectivity index (χ2n) is 6.01. The van der Waals surface area contributed by atoms with Gasteiger partial charge in [0.05, 0.1) is 22.7 Å². The number of primary amides is 2. The molecule has 10 heteroatoms. The van der Waals surface area contributed by atoms with Crippen LogP contribution in [0.1, 0.15) is 23.2 Å². The first kappa shape index (κ1) is 18.6. The zero-order valence-electron chi connectivity index (χ0n) is 14.4. The molecule has 0 aliphatic carbocycles. The van der Waals surface area contributed by atoms with E-state index in [0.29, 0.717) is 30.0 Å². The van der Waals surface area contributed by atoms with Crippen molar-refractivity contribution >= 4 is 34.4 Å². The Labute approximate surface area is 159 Å². The number of carbonyl (C=O) groups excluding carboxylic acids is 3. The van der Waals surface area contributed by atoms with Crippen molar-refractivity contribution in [2.75, 3.05) is 18.4 Å². The molecular weight excluding hydrogens is 370 g/mol. The molecular formula is C17H19N5O4S. The van der Waals surface area contributed by atoms with Gasteiger partial charge in [-0.15, -0.1) is 11.3 Å². The van der Waals surface area contributed by atoms with E-state index in [1.165, 1.54) is 16.2 Å². The fourth-order valence-corrected chi connectivity index (χ4v) is 3.86. The van der Waals surface area contributed by atoms with Crippen LogP contribution >= 0.6 is 11.3 Å². The maximum absolute atomic E-state index is 12.7. The largest absolute Gasteiger partial charge is 0.457 e. The molecule has 0 saturated carbocycles. The summed E-state index contributed by atoms with van der Waals surface area (Å²) in [6.07, 6.45) is 2.49. The van der Waals surface area contributed by atoms with Crippen LogP contribution in [-0.4, -0.2) is 47.1 Å². The van der Waals surface area contributed by atoms with Gasteiger partial charge in [0.1, 0.15) is 11.1 Å². The van der Waals surface area contributed by atoms with Crippen LogP contribution in [0.5, 0.6) is 0 Å². The van der Waals surface area contributed by atoms with Gasteiger partial charge in [-0.3, -0.25) is 10.3 Å². The Hall–Kier alpha value is -3.14. The summed E-state index contributed by atoms with van der Waals surface area (Å²) in [6.45, 7) is 0.789. The number of nitrogens with two attached hydrogens (primary N) is 2. The first-order valence-electron chi connectivity index (χ1n) is 8.31. The van der Waals surface area contributed by atoms with Crippen LogP contribution in [0.3, 0.4) is 0 Å². The normalized spacial score (nSPS) is 16.6. The van der Waals surface area contributed by atoms with E-state index in [0.717, 1.165) is 0 Å². The van der Waals surface area contributed by atoms with Crippen LogP contribution in [0.2, 0.25) is 0 Å². The summed E-state index contributed by atoms with van der Waals surface area (Å²) >= 11 is 1.18. The molecule has 4 amide bonds. The van der Waals surface area contributed by atoms with Crippen LogP contribution in [-0.2, 0) is 4.74 Å². The van der Waals surface area contributed by atoms with Gasteiger partial charge in [0.2, 0.25) is 0 Å². The molecule has 3 heterocycles. The van der Waals surface area contributed by atoms with Gasteiger partial charge >= 0.3 is 18.0 Å². The number of nitrogens with zero attached hydrogens (tertiary/aromatic N) is 2. The zero-order chi connectivity index (χ0) is 19.4. The smallest absolute Gasteiger partial charge is 0.341 e. The molecule has 1 aliphatic rings. The lowest BCUT2D eigenvalue weighted by molar-refractivity contribution is 0.0129. The van der Waals surface area contributed by atoms with Crippen LogP contribution in [0, 0.1) is 0 Å². The lowest BCUT2D eigenvalue weighted by Gasteiger charge is -2.31. The number of hydrogen-bond donors (Lipinski definition) is 3. The van der Waals surface area contributed by atoms with Crippen LogP contribution < -0.4 is 16.8 Å². The number of esters is 1. The number of hydrogen-bond acceptors (Lipinski definition) is 6. The number of aromatic nitrogens is 1. The van der Waals surface area contributed by atoms with E-state index in [1.807, 2.05) is 6.07 Å². The number of carbonyl (C=O) groups is 3. The van der Waals surface area contributed by atoms with Crippen LogP contribution in [0.25, 0.3) is 10.6 Å². The molecule has 0 spiro atoms. The number of rotatable bonds is 4. The van der Waals surface area contributed by atoms with Crippen molar-refractivity contribution in [2.24, 2.45) is 11.5 Å². The number of thiophene rings is 1. The second kappa shape index (κ2) is 8.04. The summed E-state index contributed by atoms with van der Waals surface area (Å²) in [5.41, 5.74) is 11.4. The number of piperidine rings is 1. The molecule has 0 aromatic carbocycles. The third-order valence-electron chi connectivity index (χ3n) is 4.07. The summed E-state index contributed by atoms with van der Waals surface area (Å²) in [5.74, 6) is -0.603. The Balaban J connectivity index is 1.81. The highest BCUT2D eigenvalue weighted by Crippen LogP contribution is 2.35. The van der Waals surface area contributed by atoms with Gasteiger partial charge in [0, 0.05) is 12.7 Å². The summed E-state index contributed by atoms with van der Waals surface area (Å²) in [5, 5.41) is 2.74. The highest BCUT2D eigenvalue weighted by Gasteiger charge is 2.27. The standard InChI is InChI=1S/C17H19N5O4S/c18-16(24)21-14-11(8-13(27-14)12-5-1-2-6-20-12)15(23)26-10-4-3-7-22(9-10)17(19)25/h1-2,5-6,8,10H,3-4,7,9H2,(H2,19,25)(H3,18,21,24). The van der Waals surface area contributed by atoms with Crippen molar-refractivity contribution < 1.29 is 19.1 Å². The van der Waals surface area contributed by atoms with Crippen molar-refractivity contribution in [1.82, 2.24) is 9.88 Å². The van der Waals surface area contributed by atoms with Crippen LogP contribution in [0.4, 0.5) is 14.6 Å². The van der Waals surface area contributed by atoms with E-state index in [2.05, 4.69) is 10.3 Å². The molecule has 2 aromatic heterocycles. The molecule has 1 fully saturated rings. The van der Waals surface area contributed by atoms with E-state index in [9.17, 15) is 14.4 Å². The van der Waals surface area contributed by atoms with Gasteiger partial charge in [-0.1, -0.05) is 6.07 Å². The maximum atomic E-state index is 12.7. The van der Waals surface area contributed by atoms with Crippen molar-refractivity contribution in [3.63, 3.8) is 0 Å². The number of likely N-dealkylation sites (tertiary alicyclic amines) is 1. The number of amides is 4. The summed E-state index contributed by atoms with van der Waals surface area (Å²) < 4.78 is 5.53. The van der Waals surface area contributed by atoms with E-state index < -0.39 is 24.1 Å². The summed E-state index contributed by atoms with van der Waals surface area (Å²) in [6, 6.07) is 5.68. The van der Waals surface area contributed by atoms with Gasteiger partial charge in [-0.25, -0.2) is 14.4 Å². The number of pyridine rings is 1. The zero-order valence-corrected chi connectivity index (χ0v) is 15.2. The van der Waals surface area contributed by atoms with Crippen molar-refractivity contribution in [2.45, 2.75) is 18.9 Å². The SMILES string of the molecule is NC(=O)Nc1sc(-c2ccccn2)cc1C(=O)OC1CCCN(C(N)=O)C1. The summed E-state index contributed by atoms with van der Waals surface area (Å²) in [4.78, 5) is 41.7. The van der Waals surface area contributed by atoms with E-state index in [-0.39, 0.29) is 17.1 Å². The molecule has 3 rings (SSSR count). The molecule has 142 valence electrons. The number of anilines is 1. The fraction of sp³-hybridized carbons (Fsp3) is 0.294. The van der Waals surface area contributed by atoms with Crippen molar-refractivity contribution in [3.8, 4) is 10.6 Å². The predicted octanol–water partition coefficient (Wildman–Crippen LogP) is 2.00.